The summed E-state index contributed by atoms with van der Waals surface area (Å²) in [6.45, 7) is 0.181. The minimum Gasteiger partial charge on any atom is -0.336 e. The number of amides is 2. The van der Waals surface area contributed by atoms with Crippen LogP contribution in [0.5, 0.6) is 0 Å². The van der Waals surface area contributed by atoms with Gasteiger partial charge in [0.1, 0.15) is 0 Å². The number of pyridine rings is 1. The lowest BCUT2D eigenvalue weighted by Crippen LogP contribution is -2.34. The summed E-state index contributed by atoms with van der Waals surface area (Å²) in [5, 5.41) is 9.27. The van der Waals surface area contributed by atoms with Crippen LogP contribution in [0.25, 0.3) is 11.4 Å². The van der Waals surface area contributed by atoms with E-state index < -0.39 is 17.8 Å². The molecule has 1 aromatic carbocycles. The van der Waals surface area contributed by atoms with Crippen LogP contribution < -0.4 is 16.3 Å². The van der Waals surface area contributed by atoms with Crippen LogP contribution in [0.1, 0.15) is 24.4 Å². The summed E-state index contributed by atoms with van der Waals surface area (Å²) in [6, 6.07) is 7.34. The van der Waals surface area contributed by atoms with Crippen molar-refractivity contribution in [1.29, 1.82) is 0 Å². The monoisotopic (exact) mass is 432 g/mol. The van der Waals surface area contributed by atoms with Gasteiger partial charge < -0.3 is 10.6 Å². The zero-order chi connectivity index (χ0) is 22.0. The van der Waals surface area contributed by atoms with Crippen molar-refractivity contribution in [3.05, 3.63) is 64.8 Å². The Kier molecular flexibility index (Phi) is 5.49. The maximum absolute atomic E-state index is 12.8. The molecule has 31 heavy (non-hydrogen) atoms. The zero-order valence-electron chi connectivity index (χ0n) is 16.3. The summed E-state index contributed by atoms with van der Waals surface area (Å²) in [5.41, 5.74) is -0.395. The Morgan fingerprint density at radius 2 is 2.00 bits per heavy atom. The van der Waals surface area contributed by atoms with Gasteiger partial charge in [0.05, 0.1) is 12.1 Å². The third-order valence-electron chi connectivity index (χ3n) is 4.76. The van der Waals surface area contributed by atoms with Crippen molar-refractivity contribution in [3.8, 4) is 11.4 Å². The molecule has 0 bridgehead atoms. The first-order chi connectivity index (χ1) is 14.8. The highest BCUT2D eigenvalue weighted by molar-refractivity contribution is 5.89. The molecule has 2 amide bonds. The van der Waals surface area contributed by atoms with Crippen LogP contribution in [0.2, 0.25) is 0 Å². The third kappa shape index (κ3) is 4.76. The minimum absolute atomic E-state index is 0.0152. The van der Waals surface area contributed by atoms with E-state index in [4.69, 9.17) is 0 Å². The molecule has 1 aliphatic carbocycles. The number of alkyl halides is 3. The fourth-order valence-corrected chi connectivity index (χ4v) is 3.14. The Labute approximate surface area is 174 Å². The molecule has 1 aliphatic rings. The Balaban J connectivity index is 1.40. The molecule has 0 unspecified atom stereocenters. The Morgan fingerprint density at radius 3 is 2.68 bits per heavy atom. The molecular formula is C20H19F3N6O2. The molecule has 3 aromatic rings. The van der Waals surface area contributed by atoms with E-state index in [1.165, 1.54) is 16.8 Å². The summed E-state index contributed by atoms with van der Waals surface area (Å²) in [7, 11) is 0. The van der Waals surface area contributed by atoms with Gasteiger partial charge in [-0.05, 0) is 43.2 Å². The number of carbonyl (C=O) groups is 1. The molecule has 1 saturated carbocycles. The summed E-state index contributed by atoms with van der Waals surface area (Å²) in [4.78, 5) is 28.9. The number of carbonyl (C=O) groups excluding carboxylic acids is 1. The van der Waals surface area contributed by atoms with E-state index in [1.807, 2.05) is 6.07 Å². The standard InChI is InChI=1S/C20H19F3N6O2/c21-20(22,23)14-4-1-5-15(11-14)26-18(30)25-9-10-28-19(31)29(16-6-7-16)17(27-28)13-3-2-8-24-12-13/h1-5,8,11-12,16H,6-7,9-10H2,(H2,25,26,30). The Hall–Kier alpha value is -3.63. The quantitative estimate of drug-likeness (QED) is 0.625. The van der Waals surface area contributed by atoms with Crippen LogP contribution >= 0.6 is 0 Å². The zero-order valence-corrected chi connectivity index (χ0v) is 16.3. The van der Waals surface area contributed by atoms with Gasteiger partial charge in [0.15, 0.2) is 5.82 Å². The maximum Gasteiger partial charge on any atom is 0.416 e. The lowest BCUT2D eigenvalue weighted by Gasteiger charge is -2.10. The largest absolute Gasteiger partial charge is 0.416 e. The van der Waals surface area contributed by atoms with Crippen molar-refractivity contribution in [2.75, 3.05) is 11.9 Å². The molecule has 2 N–H and O–H groups in total. The summed E-state index contributed by atoms with van der Waals surface area (Å²) >= 11 is 0. The summed E-state index contributed by atoms with van der Waals surface area (Å²) in [5.74, 6) is 0.522. The van der Waals surface area contributed by atoms with E-state index in [0.717, 1.165) is 30.5 Å². The first kappa shape index (κ1) is 20.6. The number of urea groups is 1. The van der Waals surface area contributed by atoms with E-state index in [2.05, 4.69) is 20.7 Å². The SMILES string of the molecule is O=C(NCCn1nc(-c2cccnc2)n(C2CC2)c1=O)Nc1cccc(C(F)(F)F)c1. The van der Waals surface area contributed by atoms with Crippen molar-refractivity contribution in [1.82, 2.24) is 24.6 Å². The van der Waals surface area contributed by atoms with Crippen molar-refractivity contribution < 1.29 is 18.0 Å². The van der Waals surface area contributed by atoms with Crippen LogP contribution in [-0.2, 0) is 12.7 Å². The van der Waals surface area contributed by atoms with Gasteiger partial charge in [-0.3, -0.25) is 9.55 Å². The second-order valence-corrected chi connectivity index (χ2v) is 7.13. The average molecular weight is 432 g/mol. The van der Waals surface area contributed by atoms with Gasteiger partial charge >= 0.3 is 17.9 Å². The van der Waals surface area contributed by atoms with Gasteiger partial charge in [-0.15, -0.1) is 5.10 Å². The number of aromatic nitrogens is 4. The minimum atomic E-state index is -4.50. The number of hydrogen-bond acceptors (Lipinski definition) is 4. The Bertz CT molecular complexity index is 1140. The lowest BCUT2D eigenvalue weighted by atomic mass is 10.2. The van der Waals surface area contributed by atoms with E-state index >= 15 is 0 Å². The van der Waals surface area contributed by atoms with Crippen LogP contribution in [0.4, 0.5) is 23.7 Å². The average Bonchev–Trinajstić information content (AvgIpc) is 3.52. The lowest BCUT2D eigenvalue weighted by molar-refractivity contribution is -0.137. The summed E-state index contributed by atoms with van der Waals surface area (Å²) in [6.07, 6.45) is 0.563. The number of benzene rings is 1. The van der Waals surface area contributed by atoms with Gasteiger partial charge in [-0.1, -0.05) is 6.07 Å². The molecule has 2 heterocycles. The van der Waals surface area contributed by atoms with Crippen LogP contribution in [0.3, 0.4) is 0 Å². The van der Waals surface area contributed by atoms with Crippen molar-refractivity contribution in [3.63, 3.8) is 0 Å². The van der Waals surface area contributed by atoms with Gasteiger partial charge in [-0.25, -0.2) is 14.3 Å². The number of hydrogen-bond donors (Lipinski definition) is 2. The smallest absolute Gasteiger partial charge is 0.336 e. The molecule has 2 aromatic heterocycles. The number of rotatable bonds is 6. The highest BCUT2D eigenvalue weighted by Gasteiger charge is 2.31. The highest BCUT2D eigenvalue weighted by atomic mass is 19.4. The molecule has 11 heteroatoms. The molecule has 0 radical (unpaired) electrons. The molecule has 0 saturated heterocycles. The molecule has 162 valence electrons. The predicted molar refractivity (Wildman–Crippen MR) is 106 cm³/mol. The van der Waals surface area contributed by atoms with E-state index in [0.29, 0.717) is 5.82 Å². The maximum atomic E-state index is 12.8. The fraction of sp³-hybridized carbons (Fsp3) is 0.300. The molecule has 0 spiro atoms. The van der Waals surface area contributed by atoms with E-state index in [9.17, 15) is 22.8 Å². The van der Waals surface area contributed by atoms with E-state index in [1.54, 1.807) is 23.0 Å². The predicted octanol–water partition coefficient (Wildman–Crippen LogP) is 3.28. The molecular weight excluding hydrogens is 413 g/mol. The molecule has 1 fully saturated rings. The van der Waals surface area contributed by atoms with Crippen LogP contribution in [0.15, 0.2) is 53.6 Å². The normalized spacial score (nSPS) is 13.8. The van der Waals surface area contributed by atoms with Crippen LogP contribution in [0, 0.1) is 0 Å². The van der Waals surface area contributed by atoms with Gasteiger partial charge in [0.25, 0.3) is 0 Å². The second kappa shape index (κ2) is 8.25. The number of nitrogens with one attached hydrogen (secondary N) is 2. The number of anilines is 1. The first-order valence-electron chi connectivity index (χ1n) is 9.65. The van der Waals surface area contributed by atoms with Crippen molar-refractivity contribution >= 4 is 11.7 Å². The van der Waals surface area contributed by atoms with E-state index in [-0.39, 0.29) is 30.5 Å². The van der Waals surface area contributed by atoms with Gasteiger partial charge in [-0.2, -0.15) is 13.2 Å². The topological polar surface area (TPSA) is 93.8 Å². The molecule has 0 atom stereocenters. The number of halogens is 3. The number of nitrogens with zero attached hydrogens (tertiary/aromatic N) is 4. The van der Waals surface area contributed by atoms with Crippen molar-refractivity contribution in [2.45, 2.75) is 31.6 Å². The third-order valence-corrected chi connectivity index (χ3v) is 4.76. The Morgan fingerprint density at radius 1 is 1.19 bits per heavy atom. The molecule has 8 nitrogen and oxygen atoms in total. The first-order valence-corrected chi connectivity index (χ1v) is 9.65. The van der Waals surface area contributed by atoms with Crippen LogP contribution in [-0.4, -0.2) is 31.9 Å². The van der Waals surface area contributed by atoms with Crippen molar-refractivity contribution in [2.24, 2.45) is 0 Å². The molecule has 4 rings (SSSR count). The van der Waals surface area contributed by atoms with Gasteiger partial charge in [0.2, 0.25) is 0 Å². The summed E-state index contributed by atoms with van der Waals surface area (Å²) < 4.78 is 41.2. The second-order valence-electron chi connectivity index (χ2n) is 7.13. The van der Waals surface area contributed by atoms with Gasteiger partial charge in [0, 0.05) is 36.2 Å². The highest BCUT2D eigenvalue weighted by Crippen LogP contribution is 2.36. The molecule has 0 aliphatic heterocycles. The fourth-order valence-electron chi connectivity index (χ4n) is 3.14.